The van der Waals surface area contributed by atoms with Crippen LogP contribution in [0.4, 0.5) is 5.82 Å². The third-order valence-corrected chi connectivity index (χ3v) is 2.93. The summed E-state index contributed by atoms with van der Waals surface area (Å²) in [6.45, 7) is 0. The lowest BCUT2D eigenvalue weighted by Gasteiger charge is -2.08. The van der Waals surface area contributed by atoms with Crippen LogP contribution in [0.1, 0.15) is 23.2 Å². The fraction of sp³-hybridized carbons (Fsp3) is 0.231. The second kappa shape index (κ2) is 3.73. The van der Waals surface area contributed by atoms with Crippen LogP contribution in [-0.4, -0.2) is 22.1 Å². The minimum atomic E-state index is -0.909. The molecule has 1 aliphatic carbocycles. The third-order valence-electron chi connectivity index (χ3n) is 2.93. The van der Waals surface area contributed by atoms with Gasteiger partial charge in [-0.15, -0.1) is 0 Å². The summed E-state index contributed by atoms with van der Waals surface area (Å²) in [5.74, 6) is -0.124. The summed E-state index contributed by atoms with van der Waals surface area (Å²) in [5, 5.41) is 14.2. The normalized spacial score (nSPS) is 14.8. The number of hydrogen-bond acceptors (Lipinski definition) is 3. The monoisotopic (exact) mass is 228 g/mol. The summed E-state index contributed by atoms with van der Waals surface area (Å²) >= 11 is 0. The van der Waals surface area contributed by atoms with Crippen LogP contribution in [0.25, 0.3) is 10.8 Å². The molecule has 1 saturated carbocycles. The highest BCUT2D eigenvalue weighted by Gasteiger charge is 2.22. The number of hydrogen-bond donors (Lipinski definition) is 2. The molecule has 0 spiro atoms. The summed E-state index contributed by atoms with van der Waals surface area (Å²) in [5.41, 5.74) is 0.296. The Morgan fingerprint density at radius 2 is 2.18 bits per heavy atom. The van der Waals surface area contributed by atoms with E-state index in [9.17, 15) is 4.79 Å². The molecule has 0 atom stereocenters. The molecule has 0 aliphatic heterocycles. The third kappa shape index (κ3) is 1.93. The van der Waals surface area contributed by atoms with Crippen molar-refractivity contribution in [1.29, 1.82) is 0 Å². The number of nitrogens with one attached hydrogen (secondary N) is 1. The molecule has 1 aromatic heterocycles. The van der Waals surface area contributed by atoms with Crippen molar-refractivity contribution in [1.82, 2.24) is 4.98 Å². The Balaban J connectivity index is 2.12. The van der Waals surface area contributed by atoms with Gasteiger partial charge in [0.1, 0.15) is 5.82 Å². The molecule has 1 heterocycles. The Morgan fingerprint density at radius 3 is 2.88 bits per heavy atom. The number of carboxylic acid groups (broad SMARTS) is 1. The van der Waals surface area contributed by atoms with Gasteiger partial charge in [0.15, 0.2) is 0 Å². The Bertz CT molecular complexity index is 591. The molecular weight excluding hydrogens is 216 g/mol. The van der Waals surface area contributed by atoms with Crippen LogP contribution in [0.2, 0.25) is 0 Å². The molecule has 1 fully saturated rings. The first-order chi connectivity index (χ1) is 8.24. The number of aromatic nitrogens is 1. The molecule has 0 unspecified atom stereocenters. The molecule has 4 nitrogen and oxygen atoms in total. The van der Waals surface area contributed by atoms with E-state index < -0.39 is 5.97 Å². The van der Waals surface area contributed by atoms with E-state index in [2.05, 4.69) is 10.3 Å². The van der Waals surface area contributed by atoms with Gasteiger partial charge in [-0.25, -0.2) is 9.78 Å². The summed E-state index contributed by atoms with van der Waals surface area (Å²) in [4.78, 5) is 15.2. The highest BCUT2D eigenvalue weighted by Crippen LogP contribution is 2.28. The zero-order valence-electron chi connectivity index (χ0n) is 9.18. The Kier molecular flexibility index (Phi) is 2.21. The van der Waals surface area contributed by atoms with E-state index in [0.717, 1.165) is 29.4 Å². The predicted octanol–water partition coefficient (Wildman–Crippen LogP) is 2.51. The van der Waals surface area contributed by atoms with Crippen molar-refractivity contribution in [3.8, 4) is 0 Å². The zero-order valence-corrected chi connectivity index (χ0v) is 9.18. The number of nitrogens with zero attached hydrogens (tertiary/aromatic N) is 1. The molecule has 0 bridgehead atoms. The SMILES string of the molecule is O=C(O)c1ccc2ccnc(NC3CC3)c2c1. The van der Waals surface area contributed by atoms with Crippen LogP contribution in [0.5, 0.6) is 0 Å². The zero-order chi connectivity index (χ0) is 11.8. The van der Waals surface area contributed by atoms with Gasteiger partial charge in [-0.1, -0.05) is 6.07 Å². The largest absolute Gasteiger partial charge is 0.478 e. The van der Waals surface area contributed by atoms with Crippen molar-refractivity contribution in [3.05, 3.63) is 36.0 Å². The lowest BCUT2D eigenvalue weighted by Crippen LogP contribution is -2.04. The number of carbonyl (C=O) groups is 1. The fourth-order valence-corrected chi connectivity index (χ4v) is 1.84. The van der Waals surface area contributed by atoms with Gasteiger partial charge in [-0.05, 0) is 36.4 Å². The summed E-state index contributed by atoms with van der Waals surface area (Å²) < 4.78 is 0. The van der Waals surface area contributed by atoms with Gasteiger partial charge in [0.2, 0.25) is 0 Å². The second-order valence-corrected chi connectivity index (χ2v) is 4.32. The minimum Gasteiger partial charge on any atom is -0.478 e. The topological polar surface area (TPSA) is 62.2 Å². The van der Waals surface area contributed by atoms with Crippen LogP contribution in [-0.2, 0) is 0 Å². The summed E-state index contributed by atoms with van der Waals surface area (Å²) in [6.07, 6.45) is 4.07. The molecule has 2 aromatic rings. The van der Waals surface area contributed by atoms with Crippen molar-refractivity contribution < 1.29 is 9.90 Å². The van der Waals surface area contributed by atoms with Gasteiger partial charge in [-0.2, -0.15) is 0 Å². The Hall–Kier alpha value is -2.10. The molecule has 17 heavy (non-hydrogen) atoms. The molecule has 0 amide bonds. The van der Waals surface area contributed by atoms with E-state index in [4.69, 9.17) is 5.11 Å². The lowest BCUT2D eigenvalue weighted by atomic mass is 10.1. The number of benzene rings is 1. The van der Waals surface area contributed by atoms with Crippen LogP contribution >= 0.6 is 0 Å². The van der Waals surface area contributed by atoms with Crippen LogP contribution in [0.3, 0.4) is 0 Å². The van der Waals surface area contributed by atoms with Gasteiger partial charge in [0.25, 0.3) is 0 Å². The van der Waals surface area contributed by atoms with E-state index >= 15 is 0 Å². The van der Waals surface area contributed by atoms with E-state index in [1.165, 1.54) is 0 Å². The first kappa shape index (κ1) is 10.1. The minimum absolute atomic E-state index is 0.296. The molecule has 3 rings (SSSR count). The molecular formula is C13H12N2O2. The molecule has 0 radical (unpaired) electrons. The quantitative estimate of drug-likeness (QED) is 0.847. The predicted molar refractivity (Wildman–Crippen MR) is 65.3 cm³/mol. The fourth-order valence-electron chi connectivity index (χ4n) is 1.84. The maximum absolute atomic E-state index is 10.9. The molecule has 2 N–H and O–H groups in total. The number of fused-ring (bicyclic) bond motifs is 1. The Labute approximate surface area is 98.3 Å². The number of aromatic carboxylic acids is 1. The van der Waals surface area contributed by atoms with Gasteiger partial charge in [0.05, 0.1) is 5.56 Å². The van der Waals surface area contributed by atoms with Crippen molar-refractivity contribution in [3.63, 3.8) is 0 Å². The maximum atomic E-state index is 10.9. The summed E-state index contributed by atoms with van der Waals surface area (Å²) in [6, 6.07) is 7.50. The molecule has 4 heteroatoms. The standard InChI is InChI=1S/C13H12N2O2/c16-13(17)9-2-1-8-5-6-14-12(11(8)7-9)15-10-3-4-10/h1-2,5-7,10H,3-4H2,(H,14,15)(H,16,17). The van der Waals surface area contributed by atoms with Gasteiger partial charge in [-0.3, -0.25) is 0 Å². The first-order valence-corrected chi connectivity index (χ1v) is 5.62. The first-order valence-electron chi connectivity index (χ1n) is 5.62. The molecule has 1 aromatic carbocycles. The van der Waals surface area contributed by atoms with E-state index in [-0.39, 0.29) is 0 Å². The number of rotatable bonds is 3. The average Bonchev–Trinajstić information content (AvgIpc) is 3.13. The van der Waals surface area contributed by atoms with E-state index in [1.807, 2.05) is 12.1 Å². The molecule has 1 aliphatic rings. The van der Waals surface area contributed by atoms with Crippen molar-refractivity contribution >= 4 is 22.6 Å². The number of pyridine rings is 1. The molecule has 0 saturated heterocycles. The highest BCUT2D eigenvalue weighted by molar-refractivity contribution is 5.98. The second-order valence-electron chi connectivity index (χ2n) is 4.32. The van der Waals surface area contributed by atoms with Gasteiger partial charge < -0.3 is 10.4 Å². The van der Waals surface area contributed by atoms with Crippen molar-refractivity contribution in [2.45, 2.75) is 18.9 Å². The molecule has 86 valence electrons. The van der Waals surface area contributed by atoms with Crippen LogP contribution < -0.4 is 5.32 Å². The van der Waals surface area contributed by atoms with Gasteiger partial charge in [0, 0.05) is 17.6 Å². The van der Waals surface area contributed by atoms with Gasteiger partial charge >= 0.3 is 5.97 Å². The van der Waals surface area contributed by atoms with E-state index in [0.29, 0.717) is 11.6 Å². The number of carboxylic acids is 1. The van der Waals surface area contributed by atoms with Crippen LogP contribution in [0.15, 0.2) is 30.5 Å². The summed E-state index contributed by atoms with van der Waals surface area (Å²) in [7, 11) is 0. The number of anilines is 1. The lowest BCUT2D eigenvalue weighted by molar-refractivity contribution is 0.0697. The van der Waals surface area contributed by atoms with Crippen molar-refractivity contribution in [2.75, 3.05) is 5.32 Å². The van der Waals surface area contributed by atoms with Crippen molar-refractivity contribution in [2.24, 2.45) is 0 Å². The Morgan fingerprint density at radius 1 is 1.35 bits per heavy atom. The smallest absolute Gasteiger partial charge is 0.335 e. The van der Waals surface area contributed by atoms with Crippen LogP contribution in [0, 0.1) is 0 Å². The highest BCUT2D eigenvalue weighted by atomic mass is 16.4. The van der Waals surface area contributed by atoms with E-state index in [1.54, 1.807) is 18.3 Å². The average molecular weight is 228 g/mol. The maximum Gasteiger partial charge on any atom is 0.335 e.